The van der Waals surface area contributed by atoms with Gasteiger partial charge in [0.15, 0.2) is 0 Å². The van der Waals surface area contributed by atoms with Gasteiger partial charge in [-0.05, 0) is 41.8 Å². The first kappa shape index (κ1) is 13.8. The number of rotatable bonds is 5. The molecule has 0 spiro atoms. The molecule has 1 aromatic rings. The van der Waals surface area contributed by atoms with Crippen molar-refractivity contribution in [1.29, 1.82) is 0 Å². The minimum absolute atomic E-state index is 0.835. The van der Waals surface area contributed by atoms with Crippen molar-refractivity contribution < 1.29 is 0 Å². The van der Waals surface area contributed by atoms with E-state index in [9.17, 15) is 0 Å². The normalized spacial score (nSPS) is 11.8. The van der Waals surface area contributed by atoms with E-state index < -0.39 is 0 Å². The van der Waals surface area contributed by atoms with Gasteiger partial charge < -0.3 is 0 Å². The van der Waals surface area contributed by atoms with E-state index in [1.165, 1.54) is 0 Å². The summed E-state index contributed by atoms with van der Waals surface area (Å²) in [6.07, 6.45) is 4.78. The fraction of sp³-hybridized carbons (Fsp3) is 0.143. The molecule has 1 rings (SSSR count). The van der Waals surface area contributed by atoms with Gasteiger partial charge in [-0.2, -0.15) is 0 Å². The summed E-state index contributed by atoms with van der Waals surface area (Å²) in [5, 5.41) is 0. The van der Waals surface area contributed by atoms with Crippen LogP contribution >= 0.6 is 22.6 Å². The van der Waals surface area contributed by atoms with Crippen LogP contribution in [0.25, 0.3) is 5.57 Å². The molecule has 0 unspecified atom stereocenters. The lowest BCUT2D eigenvalue weighted by atomic mass is 10.1. The molecule has 0 heterocycles. The predicted molar refractivity (Wildman–Crippen MR) is 85.6 cm³/mol. The Labute approximate surface area is 116 Å². The summed E-state index contributed by atoms with van der Waals surface area (Å²) in [6.45, 7) is 9.69. The standard InChI is InChI=1S/C14H15IN2/c1-4-5-10-17-14(15)11(2)12-8-6-7-9-13(12)16-3/h5-10H,2-4H2,1H3/b10-5-,17-14-. The molecule has 3 heteroatoms. The lowest BCUT2D eigenvalue weighted by Gasteiger charge is -2.06. The van der Waals surface area contributed by atoms with Crippen molar-refractivity contribution >= 4 is 44.3 Å². The summed E-state index contributed by atoms with van der Waals surface area (Å²) in [7, 11) is 0. The fourth-order valence-electron chi connectivity index (χ4n) is 1.28. The number of allylic oxidation sites excluding steroid dienone is 2. The van der Waals surface area contributed by atoms with Gasteiger partial charge in [0.25, 0.3) is 0 Å². The Morgan fingerprint density at radius 3 is 2.76 bits per heavy atom. The average molecular weight is 338 g/mol. The number of aliphatic imine (C=N–C) groups is 2. The number of hydrogen-bond acceptors (Lipinski definition) is 2. The minimum Gasteiger partial charge on any atom is -0.264 e. The van der Waals surface area contributed by atoms with Gasteiger partial charge in [0.1, 0.15) is 3.72 Å². The number of benzene rings is 1. The van der Waals surface area contributed by atoms with Gasteiger partial charge in [0.05, 0.1) is 5.69 Å². The molecule has 1 aromatic carbocycles. The Kier molecular flexibility index (Phi) is 5.83. The average Bonchev–Trinajstić information content (AvgIpc) is 2.38. The van der Waals surface area contributed by atoms with Crippen LogP contribution in [0.15, 0.2) is 53.1 Å². The first-order valence-electron chi connectivity index (χ1n) is 5.34. The van der Waals surface area contributed by atoms with Crippen molar-refractivity contribution in [3.63, 3.8) is 0 Å². The zero-order valence-electron chi connectivity index (χ0n) is 9.86. The summed E-state index contributed by atoms with van der Waals surface area (Å²) < 4.78 is 0.864. The molecule has 0 bridgehead atoms. The maximum Gasteiger partial charge on any atom is 0.108 e. The van der Waals surface area contributed by atoms with Crippen LogP contribution in [0.3, 0.4) is 0 Å². The van der Waals surface area contributed by atoms with Gasteiger partial charge >= 0.3 is 0 Å². The van der Waals surface area contributed by atoms with E-state index in [4.69, 9.17) is 0 Å². The van der Waals surface area contributed by atoms with Crippen molar-refractivity contribution in [2.24, 2.45) is 9.98 Å². The van der Waals surface area contributed by atoms with Crippen molar-refractivity contribution in [2.45, 2.75) is 13.3 Å². The van der Waals surface area contributed by atoms with Crippen LogP contribution in [0.1, 0.15) is 18.9 Å². The lowest BCUT2D eigenvalue weighted by Crippen LogP contribution is -1.91. The third kappa shape index (κ3) is 3.93. The maximum atomic E-state index is 4.33. The van der Waals surface area contributed by atoms with Crippen molar-refractivity contribution in [2.75, 3.05) is 0 Å². The van der Waals surface area contributed by atoms with Gasteiger partial charge in [-0.3, -0.25) is 9.98 Å². The minimum atomic E-state index is 0.835. The summed E-state index contributed by atoms with van der Waals surface area (Å²) in [4.78, 5) is 8.31. The van der Waals surface area contributed by atoms with Crippen LogP contribution in [-0.2, 0) is 0 Å². The van der Waals surface area contributed by atoms with E-state index in [2.05, 4.69) is 52.8 Å². The van der Waals surface area contributed by atoms with Crippen LogP contribution in [-0.4, -0.2) is 10.4 Å². The first-order valence-corrected chi connectivity index (χ1v) is 6.42. The molecule has 0 fully saturated rings. The monoisotopic (exact) mass is 338 g/mol. The highest BCUT2D eigenvalue weighted by molar-refractivity contribution is 14.1. The number of para-hydroxylation sites is 1. The second-order valence-corrected chi connectivity index (χ2v) is 4.39. The topological polar surface area (TPSA) is 24.7 Å². The van der Waals surface area contributed by atoms with E-state index in [0.29, 0.717) is 0 Å². The molecule has 0 aromatic heterocycles. The third-order valence-electron chi connectivity index (χ3n) is 2.18. The number of halogens is 1. The summed E-state index contributed by atoms with van der Waals surface area (Å²) in [6, 6.07) is 7.78. The second kappa shape index (κ2) is 7.17. The van der Waals surface area contributed by atoms with E-state index in [1.54, 1.807) is 6.20 Å². The molecule has 0 amide bonds. The second-order valence-electron chi connectivity index (χ2n) is 3.37. The van der Waals surface area contributed by atoms with Gasteiger partial charge in [-0.25, -0.2) is 0 Å². The molecule has 17 heavy (non-hydrogen) atoms. The zero-order valence-corrected chi connectivity index (χ0v) is 12.0. The SMILES string of the molecule is C=Nc1ccccc1C(=C)/C(I)=N/C=C\CC. The summed E-state index contributed by atoms with van der Waals surface area (Å²) in [5.74, 6) is 0. The van der Waals surface area contributed by atoms with Crippen molar-refractivity contribution in [3.8, 4) is 0 Å². The van der Waals surface area contributed by atoms with Gasteiger partial charge in [-0.1, -0.05) is 37.8 Å². The summed E-state index contributed by atoms with van der Waals surface area (Å²) >= 11 is 2.18. The van der Waals surface area contributed by atoms with Crippen LogP contribution in [0.2, 0.25) is 0 Å². The lowest BCUT2D eigenvalue weighted by molar-refractivity contribution is 1.21. The van der Waals surface area contributed by atoms with E-state index in [1.807, 2.05) is 30.3 Å². The molecular weight excluding hydrogens is 323 g/mol. The third-order valence-corrected chi connectivity index (χ3v) is 3.11. The Morgan fingerprint density at radius 1 is 1.41 bits per heavy atom. The Hall–Kier alpha value is -1.23. The molecule has 0 N–H and O–H groups in total. The molecular formula is C14H15IN2. The highest BCUT2D eigenvalue weighted by Gasteiger charge is 2.07. The highest BCUT2D eigenvalue weighted by atomic mass is 127. The van der Waals surface area contributed by atoms with Crippen LogP contribution in [0, 0.1) is 0 Å². The van der Waals surface area contributed by atoms with Crippen LogP contribution in [0.5, 0.6) is 0 Å². The van der Waals surface area contributed by atoms with Crippen LogP contribution in [0.4, 0.5) is 5.69 Å². The Balaban J connectivity index is 3.00. The van der Waals surface area contributed by atoms with Crippen LogP contribution < -0.4 is 0 Å². The molecule has 88 valence electrons. The molecule has 0 atom stereocenters. The first-order chi connectivity index (χ1) is 8.20. The predicted octanol–water partition coefficient (Wildman–Crippen LogP) is 4.79. The maximum absolute atomic E-state index is 4.33. The van der Waals surface area contributed by atoms with Gasteiger partial charge in [0.2, 0.25) is 0 Å². The fourth-order valence-corrected chi connectivity index (χ4v) is 1.73. The van der Waals surface area contributed by atoms with E-state index >= 15 is 0 Å². The quantitative estimate of drug-likeness (QED) is 0.545. The zero-order chi connectivity index (χ0) is 12.7. The Morgan fingerprint density at radius 2 is 2.12 bits per heavy atom. The number of hydrogen-bond donors (Lipinski definition) is 0. The van der Waals surface area contributed by atoms with Gasteiger partial charge in [0, 0.05) is 17.3 Å². The molecule has 0 saturated heterocycles. The Bertz CT molecular complexity index is 473. The molecule has 0 aliphatic carbocycles. The molecule has 0 saturated carbocycles. The van der Waals surface area contributed by atoms with E-state index in [0.717, 1.165) is 27.0 Å². The van der Waals surface area contributed by atoms with Crippen molar-refractivity contribution in [3.05, 3.63) is 48.7 Å². The molecule has 0 aliphatic heterocycles. The smallest absolute Gasteiger partial charge is 0.108 e. The number of nitrogens with zero attached hydrogens (tertiary/aromatic N) is 2. The largest absolute Gasteiger partial charge is 0.264 e. The highest BCUT2D eigenvalue weighted by Crippen LogP contribution is 2.27. The molecule has 0 radical (unpaired) electrons. The molecule has 2 nitrogen and oxygen atoms in total. The van der Waals surface area contributed by atoms with E-state index in [-0.39, 0.29) is 0 Å². The molecule has 0 aliphatic rings. The van der Waals surface area contributed by atoms with Crippen molar-refractivity contribution in [1.82, 2.24) is 0 Å². The van der Waals surface area contributed by atoms with Gasteiger partial charge in [-0.15, -0.1) is 0 Å². The summed E-state index contributed by atoms with van der Waals surface area (Å²) in [5.41, 5.74) is 2.68.